The molecule has 108 valence electrons. The summed E-state index contributed by atoms with van der Waals surface area (Å²) in [5.74, 6) is -0.0422. The van der Waals surface area contributed by atoms with Gasteiger partial charge in [0, 0.05) is 6.42 Å². The largest absolute Gasteiger partial charge is 0.393 e. The van der Waals surface area contributed by atoms with E-state index in [1.54, 1.807) is 12.2 Å². The van der Waals surface area contributed by atoms with Gasteiger partial charge >= 0.3 is 0 Å². The number of ketones is 1. The van der Waals surface area contributed by atoms with Crippen LogP contribution in [0.1, 0.15) is 24.0 Å². The zero-order valence-corrected chi connectivity index (χ0v) is 12.0. The number of aliphatic hydroxyl groups excluding tert-OH is 1. The molecule has 2 heteroatoms. The predicted octanol–water partition coefficient (Wildman–Crippen LogP) is 3.65. The summed E-state index contributed by atoms with van der Waals surface area (Å²) in [5, 5.41) is 9.92. The number of aryl methyl sites for hydroxylation is 1. The zero-order chi connectivity index (χ0) is 14.9. The van der Waals surface area contributed by atoms with Gasteiger partial charge in [0.25, 0.3) is 0 Å². The number of carbonyl (C=O) groups is 1. The summed E-state index contributed by atoms with van der Waals surface area (Å²) in [7, 11) is 0. The van der Waals surface area contributed by atoms with Crippen LogP contribution < -0.4 is 0 Å². The second-order valence-corrected chi connectivity index (χ2v) is 5.09. The summed E-state index contributed by atoms with van der Waals surface area (Å²) in [6.45, 7) is 0. The van der Waals surface area contributed by atoms with Crippen molar-refractivity contribution in [2.45, 2.75) is 25.4 Å². The highest BCUT2D eigenvalue weighted by atomic mass is 16.3. The van der Waals surface area contributed by atoms with Gasteiger partial charge in [-0.1, -0.05) is 66.7 Å². The molecule has 0 spiro atoms. The third-order valence-corrected chi connectivity index (χ3v) is 3.31. The van der Waals surface area contributed by atoms with Gasteiger partial charge in [0.1, 0.15) is 0 Å². The molecule has 0 heterocycles. The number of carbonyl (C=O) groups excluding carboxylic acids is 1. The molecule has 1 atom stereocenters. The predicted molar refractivity (Wildman–Crippen MR) is 85.9 cm³/mol. The average molecular weight is 280 g/mol. The number of hydrogen-bond donors (Lipinski definition) is 1. The van der Waals surface area contributed by atoms with E-state index in [1.165, 1.54) is 5.56 Å². The van der Waals surface area contributed by atoms with E-state index in [2.05, 4.69) is 0 Å². The molecule has 0 aromatic heterocycles. The quantitative estimate of drug-likeness (QED) is 0.786. The fourth-order valence-electron chi connectivity index (χ4n) is 2.13. The van der Waals surface area contributed by atoms with Gasteiger partial charge in [0.2, 0.25) is 0 Å². The minimum atomic E-state index is -0.585. The Hall–Kier alpha value is -2.19. The van der Waals surface area contributed by atoms with Gasteiger partial charge in [-0.05, 0) is 30.0 Å². The molecule has 0 aliphatic carbocycles. The van der Waals surface area contributed by atoms with Gasteiger partial charge in [-0.3, -0.25) is 4.79 Å². The van der Waals surface area contributed by atoms with Crippen LogP contribution in [0.5, 0.6) is 0 Å². The Labute approximate surface area is 125 Å². The molecule has 0 bridgehead atoms. The van der Waals surface area contributed by atoms with Gasteiger partial charge in [-0.25, -0.2) is 0 Å². The molecule has 0 fully saturated rings. The summed E-state index contributed by atoms with van der Waals surface area (Å²) in [5.41, 5.74) is 2.17. The average Bonchev–Trinajstić information content (AvgIpc) is 2.53. The van der Waals surface area contributed by atoms with Crippen LogP contribution >= 0.6 is 0 Å². The molecule has 2 nitrogen and oxygen atoms in total. The number of benzene rings is 2. The molecular formula is C19H20O2. The third kappa shape index (κ3) is 5.76. The van der Waals surface area contributed by atoms with Gasteiger partial charge in [0.05, 0.1) is 6.10 Å². The fourth-order valence-corrected chi connectivity index (χ4v) is 2.13. The minimum Gasteiger partial charge on any atom is -0.393 e. The Balaban J connectivity index is 1.76. The van der Waals surface area contributed by atoms with Crippen molar-refractivity contribution in [1.82, 2.24) is 0 Å². The Morgan fingerprint density at radius 3 is 2.29 bits per heavy atom. The van der Waals surface area contributed by atoms with E-state index < -0.39 is 6.10 Å². The summed E-state index contributed by atoms with van der Waals surface area (Å²) in [6, 6.07) is 19.7. The van der Waals surface area contributed by atoms with E-state index in [1.807, 2.05) is 60.7 Å². The van der Waals surface area contributed by atoms with Crippen molar-refractivity contribution in [3.63, 3.8) is 0 Å². The van der Waals surface area contributed by atoms with Gasteiger partial charge in [0.15, 0.2) is 5.78 Å². The fraction of sp³-hybridized carbons (Fsp3) is 0.211. The van der Waals surface area contributed by atoms with Crippen molar-refractivity contribution in [1.29, 1.82) is 0 Å². The standard InChI is InChI=1S/C19H20O2/c20-18(13-11-16-7-3-1-4-8-16)15-19(21)14-12-17-9-5-2-6-10-17/h1-11,13,19,21H,12,14-15H2/b13-11+. The Morgan fingerprint density at radius 1 is 1.00 bits per heavy atom. The molecule has 1 unspecified atom stereocenters. The molecule has 21 heavy (non-hydrogen) atoms. The van der Waals surface area contributed by atoms with E-state index in [0.29, 0.717) is 6.42 Å². The van der Waals surface area contributed by atoms with E-state index >= 15 is 0 Å². The van der Waals surface area contributed by atoms with Crippen LogP contribution in [-0.2, 0) is 11.2 Å². The van der Waals surface area contributed by atoms with Crippen molar-refractivity contribution < 1.29 is 9.90 Å². The van der Waals surface area contributed by atoms with E-state index in [9.17, 15) is 9.90 Å². The molecular weight excluding hydrogens is 260 g/mol. The van der Waals surface area contributed by atoms with Crippen molar-refractivity contribution >= 4 is 11.9 Å². The SMILES string of the molecule is O=C(/C=C/c1ccccc1)CC(O)CCc1ccccc1. The first-order chi connectivity index (χ1) is 10.2. The highest BCUT2D eigenvalue weighted by molar-refractivity contribution is 5.93. The molecule has 0 aliphatic rings. The Kier molecular flexibility index (Phi) is 5.92. The van der Waals surface area contributed by atoms with E-state index in [-0.39, 0.29) is 12.2 Å². The van der Waals surface area contributed by atoms with Crippen molar-refractivity contribution in [3.05, 3.63) is 77.9 Å². The lowest BCUT2D eigenvalue weighted by Gasteiger charge is -2.08. The molecule has 1 N–H and O–H groups in total. The smallest absolute Gasteiger partial charge is 0.158 e. The summed E-state index contributed by atoms with van der Waals surface area (Å²) in [6.07, 6.45) is 4.31. The first-order valence-corrected chi connectivity index (χ1v) is 7.22. The maximum Gasteiger partial charge on any atom is 0.158 e. The van der Waals surface area contributed by atoms with Crippen LogP contribution in [0.15, 0.2) is 66.7 Å². The van der Waals surface area contributed by atoms with Crippen LogP contribution in [0.25, 0.3) is 6.08 Å². The van der Waals surface area contributed by atoms with E-state index in [0.717, 1.165) is 12.0 Å². The summed E-state index contributed by atoms with van der Waals surface area (Å²) < 4.78 is 0. The van der Waals surface area contributed by atoms with Crippen molar-refractivity contribution in [3.8, 4) is 0 Å². The Bertz CT molecular complexity index is 573. The maximum absolute atomic E-state index is 11.8. The number of allylic oxidation sites excluding steroid dienone is 1. The molecule has 2 rings (SSSR count). The van der Waals surface area contributed by atoms with Crippen LogP contribution in [0.2, 0.25) is 0 Å². The lowest BCUT2D eigenvalue weighted by Crippen LogP contribution is -2.12. The second kappa shape index (κ2) is 8.18. The third-order valence-electron chi connectivity index (χ3n) is 3.31. The van der Waals surface area contributed by atoms with E-state index in [4.69, 9.17) is 0 Å². The van der Waals surface area contributed by atoms with Crippen LogP contribution in [-0.4, -0.2) is 17.0 Å². The van der Waals surface area contributed by atoms with Gasteiger partial charge in [-0.15, -0.1) is 0 Å². The number of rotatable bonds is 7. The second-order valence-electron chi connectivity index (χ2n) is 5.09. The highest BCUT2D eigenvalue weighted by Crippen LogP contribution is 2.08. The summed E-state index contributed by atoms with van der Waals surface area (Å²) in [4.78, 5) is 11.8. The van der Waals surface area contributed by atoms with Crippen LogP contribution in [0.3, 0.4) is 0 Å². The maximum atomic E-state index is 11.8. The first kappa shape index (κ1) is 15.2. The lowest BCUT2D eigenvalue weighted by atomic mass is 10.0. The minimum absolute atomic E-state index is 0.0422. The molecule has 2 aromatic carbocycles. The van der Waals surface area contributed by atoms with Gasteiger partial charge < -0.3 is 5.11 Å². The molecule has 2 aromatic rings. The number of hydrogen-bond acceptors (Lipinski definition) is 2. The molecule has 0 radical (unpaired) electrons. The molecule has 0 saturated heterocycles. The van der Waals surface area contributed by atoms with Crippen molar-refractivity contribution in [2.75, 3.05) is 0 Å². The molecule has 0 amide bonds. The number of aliphatic hydroxyl groups is 1. The Morgan fingerprint density at radius 2 is 1.62 bits per heavy atom. The first-order valence-electron chi connectivity index (χ1n) is 7.22. The summed E-state index contributed by atoms with van der Waals surface area (Å²) >= 11 is 0. The monoisotopic (exact) mass is 280 g/mol. The van der Waals surface area contributed by atoms with Crippen LogP contribution in [0.4, 0.5) is 0 Å². The normalized spacial score (nSPS) is 12.4. The van der Waals surface area contributed by atoms with Crippen molar-refractivity contribution in [2.24, 2.45) is 0 Å². The van der Waals surface area contributed by atoms with Crippen LogP contribution in [0, 0.1) is 0 Å². The van der Waals surface area contributed by atoms with Gasteiger partial charge in [-0.2, -0.15) is 0 Å². The highest BCUT2D eigenvalue weighted by Gasteiger charge is 2.08. The molecule has 0 aliphatic heterocycles. The topological polar surface area (TPSA) is 37.3 Å². The zero-order valence-electron chi connectivity index (χ0n) is 12.0. The lowest BCUT2D eigenvalue weighted by molar-refractivity contribution is -0.116. The molecule has 0 saturated carbocycles.